The van der Waals surface area contributed by atoms with Gasteiger partial charge in [0.2, 0.25) is 12.3 Å². The number of nitrogens with zero attached hydrogens (tertiary/aromatic N) is 1. The van der Waals surface area contributed by atoms with Gasteiger partial charge in [0, 0.05) is 5.56 Å². The van der Waals surface area contributed by atoms with Crippen molar-refractivity contribution in [3.63, 3.8) is 0 Å². The number of benzene rings is 1. The Morgan fingerprint density at radius 2 is 2.07 bits per heavy atom. The number of amides is 1. The van der Waals surface area contributed by atoms with E-state index in [0.29, 0.717) is 18.9 Å². The van der Waals surface area contributed by atoms with Gasteiger partial charge in [-0.25, -0.2) is 0 Å². The number of carbonyl (C=O) groups excluding carboxylic acids is 1. The zero-order chi connectivity index (χ0) is 11.1. The summed E-state index contributed by atoms with van der Waals surface area (Å²) < 4.78 is 10.2. The third kappa shape index (κ3) is 3.09. The van der Waals surface area contributed by atoms with Crippen molar-refractivity contribution in [2.75, 3.05) is 13.7 Å². The first-order chi connectivity index (χ1) is 7.31. The van der Waals surface area contributed by atoms with Crippen LogP contribution in [0.4, 0.5) is 0 Å². The fourth-order valence-electron chi connectivity index (χ4n) is 1.11. The average molecular weight is 207 g/mol. The fourth-order valence-corrected chi connectivity index (χ4v) is 1.11. The van der Waals surface area contributed by atoms with Crippen molar-refractivity contribution in [1.82, 2.24) is 0 Å². The molecule has 0 spiro atoms. The summed E-state index contributed by atoms with van der Waals surface area (Å²) >= 11 is 0. The molecule has 80 valence electrons. The highest BCUT2D eigenvalue weighted by Gasteiger charge is 2.03. The Bertz CT molecular complexity index is 343. The second-order valence-electron chi connectivity index (χ2n) is 2.70. The van der Waals surface area contributed by atoms with Crippen molar-refractivity contribution in [2.24, 2.45) is 4.99 Å². The molecule has 4 nitrogen and oxygen atoms in total. The van der Waals surface area contributed by atoms with Gasteiger partial charge in [-0.1, -0.05) is 0 Å². The molecular formula is C11H13NO3. The molecule has 0 aliphatic carbocycles. The van der Waals surface area contributed by atoms with Gasteiger partial charge in [0.05, 0.1) is 13.7 Å². The minimum atomic E-state index is 0.329. The molecule has 0 atom stereocenters. The molecule has 0 saturated heterocycles. The maximum Gasteiger partial charge on any atom is 0.236 e. The number of hydrogen-bond acceptors (Lipinski definition) is 3. The van der Waals surface area contributed by atoms with Crippen LogP contribution in [0.15, 0.2) is 29.3 Å². The van der Waals surface area contributed by atoms with Gasteiger partial charge in [0.1, 0.15) is 5.75 Å². The summed E-state index contributed by atoms with van der Waals surface area (Å²) in [6.45, 7) is 2.31. The Balaban J connectivity index is 2.91. The molecular weight excluding hydrogens is 194 g/mol. The second-order valence-corrected chi connectivity index (χ2v) is 2.70. The predicted octanol–water partition coefficient (Wildman–Crippen LogP) is 1.63. The van der Waals surface area contributed by atoms with Gasteiger partial charge < -0.3 is 9.47 Å². The maximum absolute atomic E-state index is 10.3. The zero-order valence-corrected chi connectivity index (χ0v) is 8.77. The quantitative estimate of drug-likeness (QED) is 0.428. The summed E-state index contributed by atoms with van der Waals surface area (Å²) in [6, 6.07) is 7.15. The molecule has 15 heavy (non-hydrogen) atoms. The second kappa shape index (κ2) is 5.80. The lowest BCUT2D eigenvalue weighted by molar-refractivity contribution is -0.106. The first-order valence-electron chi connectivity index (χ1n) is 4.60. The Hall–Kier alpha value is -1.84. The van der Waals surface area contributed by atoms with E-state index < -0.39 is 0 Å². The van der Waals surface area contributed by atoms with E-state index in [0.717, 1.165) is 11.3 Å². The molecule has 0 heterocycles. The normalized spacial score (nSPS) is 10.9. The number of methoxy groups -OCH3 is 1. The largest absolute Gasteiger partial charge is 0.497 e. The molecule has 0 saturated carbocycles. The number of ether oxygens (including phenoxy) is 2. The van der Waals surface area contributed by atoms with Crippen molar-refractivity contribution in [3.05, 3.63) is 29.8 Å². The number of rotatable bonds is 4. The lowest BCUT2D eigenvalue weighted by Crippen LogP contribution is -2.06. The summed E-state index contributed by atoms with van der Waals surface area (Å²) in [5, 5.41) is 0. The van der Waals surface area contributed by atoms with E-state index in [1.54, 1.807) is 31.4 Å². The van der Waals surface area contributed by atoms with E-state index in [1.165, 1.54) is 0 Å². The molecule has 1 amide bonds. The van der Waals surface area contributed by atoms with Crippen molar-refractivity contribution in [2.45, 2.75) is 6.92 Å². The van der Waals surface area contributed by atoms with Crippen LogP contribution in [-0.2, 0) is 9.53 Å². The van der Waals surface area contributed by atoms with Gasteiger partial charge >= 0.3 is 0 Å². The molecule has 4 heteroatoms. The van der Waals surface area contributed by atoms with Crippen LogP contribution in [0, 0.1) is 0 Å². The monoisotopic (exact) mass is 207 g/mol. The van der Waals surface area contributed by atoms with E-state index in [-0.39, 0.29) is 0 Å². The summed E-state index contributed by atoms with van der Waals surface area (Å²) in [6.07, 6.45) is 0.467. The van der Waals surface area contributed by atoms with E-state index >= 15 is 0 Å². The molecule has 0 bridgehead atoms. The van der Waals surface area contributed by atoms with Crippen molar-refractivity contribution >= 4 is 12.3 Å². The van der Waals surface area contributed by atoms with Crippen LogP contribution in [0.1, 0.15) is 12.5 Å². The molecule has 0 aromatic heterocycles. The highest BCUT2D eigenvalue weighted by Crippen LogP contribution is 2.12. The van der Waals surface area contributed by atoms with E-state index in [9.17, 15) is 4.79 Å². The molecule has 1 aromatic carbocycles. The smallest absolute Gasteiger partial charge is 0.236 e. The highest BCUT2D eigenvalue weighted by molar-refractivity contribution is 5.97. The lowest BCUT2D eigenvalue weighted by Gasteiger charge is -2.06. The Labute approximate surface area is 88.5 Å². The van der Waals surface area contributed by atoms with Crippen molar-refractivity contribution in [1.29, 1.82) is 0 Å². The van der Waals surface area contributed by atoms with E-state index in [4.69, 9.17) is 9.47 Å². The first kappa shape index (κ1) is 11.2. The van der Waals surface area contributed by atoms with Crippen LogP contribution in [0.3, 0.4) is 0 Å². The lowest BCUT2D eigenvalue weighted by atomic mass is 10.2. The van der Waals surface area contributed by atoms with Crippen LogP contribution in [0.2, 0.25) is 0 Å². The summed E-state index contributed by atoms with van der Waals surface area (Å²) in [4.78, 5) is 13.9. The number of hydrogen-bond donors (Lipinski definition) is 0. The van der Waals surface area contributed by atoms with Crippen LogP contribution in [0.5, 0.6) is 5.75 Å². The fraction of sp³-hybridized carbons (Fsp3) is 0.273. The van der Waals surface area contributed by atoms with Gasteiger partial charge in [0.25, 0.3) is 0 Å². The molecule has 0 aliphatic heterocycles. The Kier molecular flexibility index (Phi) is 4.34. The number of aliphatic imine (C=N–C) groups is 1. The molecule has 1 rings (SSSR count). The standard InChI is InChI=1S/C11H13NO3/c1-3-15-11(12-8-13)9-4-6-10(14-2)7-5-9/h4-8H,3H2,1-2H3/b12-11-. The third-order valence-electron chi connectivity index (χ3n) is 1.79. The van der Waals surface area contributed by atoms with Gasteiger partial charge in [-0.15, -0.1) is 0 Å². The highest BCUT2D eigenvalue weighted by atomic mass is 16.5. The minimum Gasteiger partial charge on any atom is -0.497 e. The number of carbonyl (C=O) groups is 1. The summed E-state index contributed by atoms with van der Waals surface area (Å²) in [7, 11) is 1.60. The molecule has 1 aromatic rings. The minimum absolute atomic E-state index is 0.329. The van der Waals surface area contributed by atoms with E-state index in [1.807, 2.05) is 6.92 Å². The van der Waals surface area contributed by atoms with Gasteiger partial charge in [-0.3, -0.25) is 4.79 Å². The molecule has 0 N–H and O–H groups in total. The molecule has 0 radical (unpaired) electrons. The molecule has 0 aliphatic rings. The predicted molar refractivity (Wildman–Crippen MR) is 57.2 cm³/mol. The van der Waals surface area contributed by atoms with Gasteiger partial charge in [-0.2, -0.15) is 4.99 Å². The SMILES string of the molecule is CCO/C(=N\C=O)c1ccc(OC)cc1. The topological polar surface area (TPSA) is 47.9 Å². The van der Waals surface area contributed by atoms with Crippen LogP contribution >= 0.6 is 0 Å². The maximum atomic E-state index is 10.3. The van der Waals surface area contributed by atoms with Crippen LogP contribution < -0.4 is 4.74 Å². The van der Waals surface area contributed by atoms with Crippen molar-refractivity contribution in [3.8, 4) is 5.75 Å². The van der Waals surface area contributed by atoms with Crippen molar-refractivity contribution < 1.29 is 14.3 Å². The summed E-state index contributed by atoms with van der Waals surface area (Å²) in [5.74, 6) is 1.08. The average Bonchev–Trinajstić information content (AvgIpc) is 2.29. The first-order valence-corrected chi connectivity index (χ1v) is 4.60. The summed E-state index contributed by atoms with van der Waals surface area (Å²) in [5.41, 5.74) is 0.754. The van der Waals surface area contributed by atoms with E-state index in [2.05, 4.69) is 4.99 Å². The third-order valence-corrected chi connectivity index (χ3v) is 1.79. The van der Waals surface area contributed by atoms with Gasteiger partial charge in [-0.05, 0) is 31.2 Å². The Morgan fingerprint density at radius 1 is 1.40 bits per heavy atom. The van der Waals surface area contributed by atoms with Gasteiger partial charge in [0.15, 0.2) is 0 Å². The molecule has 0 fully saturated rings. The van der Waals surface area contributed by atoms with Crippen LogP contribution in [0.25, 0.3) is 0 Å². The van der Waals surface area contributed by atoms with Crippen LogP contribution in [-0.4, -0.2) is 26.0 Å². The zero-order valence-electron chi connectivity index (χ0n) is 8.77. The molecule has 0 unspecified atom stereocenters. The Morgan fingerprint density at radius 3 is 2.53 bits per heavy atom.